The summed E-state index contributed by atoms with van der Waals surface area (Å²) < 4.78 is 5.25. The van der Waals surface area contributed by atoms with Gasteiger partial charge in [-0.15, -0.1) is 11.3 Å². The first-order valence-electron chi connectivity index (χ1n) is 8.48. The Bertz CT molecular complexity index is 961. The maximum atomic E-state index is 11.8. The maximum Gasteiger partial charge on any atom is 0.312 e. The molecule has 0 bridgehead atoms. The first-order valence-corrected chi connectivity index (χ1v) is 9.30. The lowest BCUT2D eigenvalue weighted by Crippen LogP contribution is -2.36. The number of hydrogen-bond donors (Lipinski definition) is 1. The van der Waals surface area contributed by atoms with E-state index in [0.29, 0.717) is 31.2 Å². The summed E-state index contributed by atoms with van der Waals surface area (Å²) in [6.07, 6.45) is 5.20. The Morgan fingerprint density at radius 1 is 1.33 bits per heavy atom. The summed E-state index contributed by atoms with van der Waals surface area (Å²) in [6, 6.07) is 7.43. The lowest BCUT2D eigenvalue weighted by atomic mass is 9.89. The third-order valence-electron chi connectivity index (χ3n) is 4.55. The second-order valence-electron chi connectivity index (χ2n) is 6.33. The fraction of sp³-hybridized carbons (Fsp3) is 0.263. The van der Waals surface area contributed by atoms with Gasteiger partial charge < -0.3 is 9.84 Å². The monoisotopic (exact) mass is 382 g/mol. The van der Waals surface area contributed by atoms with Crippen molar-refractivity contribution in [2.75, 3.05) is 13.7 Å². The molecule has 138 valence electrons. The molecule has 0 fully saturated rings. The van der Waals surface area contributed by atoms with E-state index in [1.54, 1.807) is 25.6 Å². The second kappa shape index (κ2) is 7.42. The number of carboxylic acids is 1. The molecule has 0 amide bonds. The molecule has 0 saturated heterocycles. The number of ether oxygens (including phenoxy) is 1. The predicted molar refractivity (Wildman–Crippen MR) is 101 cm³/mol. The number of methoxy groups -OCH3 is 1. The smallest absolute Gasteiger partial charge is 0.312 e. The molecule has 8 heteroatoms. The van der Waals surface area contributed by atoms with Gasteiger partial charge >= 0.3 is 5.97 Å². The summed E-state index contributed by atoms with van der Waals surface area (Å²) in [4.78, 5) is 27.9. The minimum absolute atomic E-state index is 0.449. The van der Waals surface area contributed by atoms with Gasteiger partial charge in [-0.3, -0.25) is 9.69 Å². The Labute approximate surface area is 160 Å². The summed E-state index contributed by atoms with van der Waals surface area (Å²) in [6.45, 7) is 1.78. The van der Waals surface area contributed by atoms with Crippen molar-refractivity contribution in [2.45, 2.75) is 19.0 Å². The minimum atomic E-state index is -0.822. The number of aromatic nitrogens is 3. The summed E-state index contributed by atoms with van der Waals surface area (Å²) in [7, 11) is 1.59. The highest BCUT2D eigenvalue weighted by Gasteiger charge is 2.31. The maximum absolute atomic E-state index is 11.8. The van der Waals surface area contributed by atoms with Crippen molar-refractivity contribution >= 4 is 17.3 Å². The third kappa shape index (κ3) is 3.67. The van der Waals surface area contributed by atoms with Crippen molar-refractivity contribution < 1.29 is 14.6 Å². The third-order valence-corrected chi connectivity index (χ3v) is 5.53. The van der Waals surface area contributed by atoms with Crippen molar-refractivity contribution in [1.82, 2.24) is 19.9 Å². The Kier molecular flexibility index (Phi) is 4.83. The van der Waals surface area contributed by atoms with Crippen molar-refractivity contribution in [2.24, 2.45) is 0 Å². The molecule has 1 unspecified atom stereocenters. The molecule has 0 saturated carbocycles. The molecule has 0 spiro atoms. The predicted octanol–water partition coefficient (Wildman–Crippen LogP) is 2.79. The molecule has 7 nitrogen and oxygen atoms in total. The molecule has 0 radical (unpaired) electrons. The molecular weight excluding hydrogens is 364 g/mol. The van der Waals surface area contributed by atoms with Crippen LogP contribution in [-0.2, 0) is 17.9 Å². The van der Waals surface area contributed by atoms with Crippen LogP contribution >= 0.6 is 11.3 Å². The molecule has 0 aliphatic carbocycles. The normalized spacial score (nSPS) is 16.7. The van der Waals surface area contributed by atoms with Crippen LogP contribution < -0.4 is 4.74 Å². The van der Waals surface area contributed by atoms with Crippen LogP contribution in [0, 0.1) is 0 Å². The van der Waals surface area contributed by atoms with Gasteiger partial charge in [0.05, 0.1) is 13.0 Å². The molecule has 1 aromatic carbocycles. The molecule has 3 heterocycles. The number of nitrogens with zero attached hydrogens (tertiary/aromatic N) is 4. The van der Waals surface area contributed by atoms with E-state index in [0.717, 1.165) is 21.0 Å². The lowest BCUT2D eigenvalue weighted by Gasteiger charge is -2.32. The van der Waals surface area contributed by atoms with E-state index in [-0.39, 0.29) is 0 Å². The van der Waals surface area contributed by atoms with Crippen LogP contribution in [0.25, 0.3) is 10.8 Å². The van der Waals surface area contributed by atoms with E-state index in [9.17, 15) is 9.90 Å². The number of thiazole rings is 1. The first kappa shape index (κ1) is 17.6. The zero-order chi connectivity index (χ0) is 18.8. The van der Waals surface area contributed by atoms with Gasteiger partial charge in [0, 0.05) is 43.1 Å². The number of hydrogen-bond acceptors (Lipinski definition) is 7. The van der Waals surface area contributed by atoms with Gasteiger partial charge in [-0.05, 0) is 29.3 Å². The largest absolute Gasteiger partial charge is 0.497 e. The van der Waals surface area contributed by atoms with Crippen LogP contribution in [0.5, 0.6) is 5.75 Å². The molecule has 1 aliphatic heterocycles. The average molecular weight is 382 g/mol. The minimum Gasteiger partial charge on any atom is -0.497 e. The summed E-state index contributed by atoms with van der Waals surface area (Å²) in [5.41, 5.74) is 1.85. The van der Waals surface area contributed by atoms with Gasteiger partial charge in [0.1, 0.15) is 5.75 Å². The lowest BCUT2D eigenvalue weighted by molar-refractivity contribution is -0.139. The van der Waals surface area contributed by atoms with E-state index < -0.39 is 11.9 Å². The molecule has 1 aliphatic rings. The molecule has 1 atom stereocenters. The Morgan fingerprint density at radius 2 is 2.15 bits per heavy atom. The topological polar surface area (TPSA) is 88.4 Å². The quantitative estimate of drug-likeness (QED) is 0.726. The van der Waals surface area contributed by atoms with Crippen LogP contribution in [0.2, 0.25) is 0 Å². The molecule has 1 N–H and O–H groups in total. The second-order valence-corrected chi connectivity index (χ2v) is 7.44. The van der Waals surface area contributed by atoms with Crippen LogP contribution in [0.3, 0.4) is 0 Å². The summed E-state index contributed by atoms with van der Waals surface area (Å²) in [5, 5.41) is 10.5. The number of rotatable bonds is 5. The van der Waals surface area contributed by atoms with E-state index in [1.165, 1.54) is 11.3 Å². The van der Waals surface area contributed by atoms with Crippen LogP contribution in [0.4, 0.5) is 0 Å². The zero-order valence-corrected chi connectivity index (χ0v) is 15.5. The summed E-state index contributed by atoms with van der Waals surface area (Å²) >= 11 is 1.53. The SMILES string of the molecule is COc1ccc2c(c1)C(C(=O)O)CN(Cc1cnc(-c3ncccn3)s1)C2. The van der Waals surface area contributed by atoms with Crippen molar-refractivity contribution in [3.63, 3.8) is 0 Å². The van der Waals surface area contributed by atoms with Gasteiger partial charge in [-0.2, -0.15) is 0 Å². The van der Waals surface area contributed by atoms with Crippen molar-refractivity contribution in [3.05, 3.63) is 58.9 Å². The number of fused-ring (bicyclic) bond motifs is 1. The zero-order valence-electron chi connectivity index (χ0n) is 14.7. The number of carbonyl (C=O) groups is 1. The highest BCUT2D eigenvalue weighted by molar-refractivity contribution is 7.14. The van der Waals surface area contributed by atoms with Crippen LogP contribution in [0.15, 0.2) is 42.9 Å². The Hall–Kier alpha value is -2.84. The molecular formula is C19H18N4O3S. The number of carboxylic acid groups (broad SMARTS) is 1. The Balaban J connectivity index is 1.55. The van der Waals surface area contributed by atoms with Gasteiger partial charge in [-0.25, -0.2) is 15.0 Å². The van der Waals surface area contributed by atoms with Crippen molar-refractivity contribution in [3.8, 4) is 16.6 Å². The highest BCUT2D eigenvalue weighted by atomic mass is 32.1. The Morgan fingerprint density at radius 3 is 2.89 bits per heavy atom. The standard InChI is InChI=1S/C19H18N4O3S/c1-26-13-4-3-12-9-23(11-16(19(24)25)15(12)7-13)10-14-8-22-18(27-14)17-20-5-2-6-21-17/h2-8,16H,9-11H2,1H3,(H,24,25). The molecule has 27 heavy (non-hydrogen) atoms. The molecule has 2 aromatic heterocycles. The highest BCUT2D eigenvalue weighted by Crippen LogP contribution is 2.33. The van der Waals surface area contributed by atoms with Gasteiger partial charge in [0.2, 0.25) is 0 Å². The average Bonchev–Trinajstić information content (AvgIpc) is 3.16. The van der Waals surface area contributed by atoms with Gasteiger partial charge in [-0.1, -0.05) is 6.07 Å². The van der Waals surface area contributed by atoms with E-state index in [2.05, 4.69) is 19.9 Å². The van der Waals surface area contributed by atoms with Crippen LogP contribution in [0.1, 0.15) is 21.9 Å². The fourth-order valence-electron chi connectivity index (χ4n) is 3.28. The van der Waals surface area contributed by atoms with Gasteiger partial charge in [0.25, 0.3) is 0 Å². The van der Waals surface area contributed by atoms with Gasteiger partial charge in [0.15, 0.2) is 10.8 Å². The number of benzene rings is 1. The molecule has 4 rings (SSSR count). The van der Waals surface area contributed by atoms with Crippen molar-refractivity contribution in [1.29, 1.82) is 0 Å². The summed E-state index contributed by atoms with van der Waals surface area (Å²) in [5.74, 6) is -0.109. The number of aliphatic carboxylic acids is 1. The fourth-order valence-corrected chi connectivity index (χ4v) is 4.18. The first-order chi connectivity index (χ1) is 13.1. The van der Waals surface area contributed by atoms with Crippen LogP contribution in [-0.4, -0.2) is 44.6 Å². The van der Waals surface area contributed by atoms with E-state index in [4.69, 9.17) is 4.74 Å². The van der Waals surface area contributed by atoms with E-state index >= 15 is 0 Å². The van der Waals surface area contributed by atoms with E-state index in [1.807, 2.05) is 24.4 Å². The molecule has 3 aromatic rings.